The number of benzene rings is 1. The van der Waals surface area contributed by atoms with Gasteiger partial charge >= 0.3 is 0 Å². The molecule has 1 aromatic carbocycles. The second kappa shape index (κ2) is 9.27. The van der Waals surface area contributed by atoms with E-state index >= 15 is 0 Å². The largest absolute Gasteiger partial charge is 0.493 e. The first kappa shape index (κ1) is 20.8. The van der Waals surface area contributed by atoms with Crippen molar-refractivity contribution in [3.8, 4) is 5.75 Å². The van der Waals surface area contributed by atoms with Crippen LogP contribution in [0.25, 0.3) is 6.08 Å². The second-order valence-electron chi connectivity index (χ2n) is 8.50. The van der Waals surface area contributed by atoms with E-state index in [2.05, 4.69) is 53.0 Å². The Bertz CT molecular complexity index is 479. The van der Waals surface area contributed by atoms with Crippen LogP contribution < -0.4 is 4.74 Å². The number of nitrogens with zero attached hydrogens (tertiary/aromatic N) is 1. The molecule has 2 heteroatoms. The third kappa shape index (κ3) is 7.09. The topological polar surface area (TPSA) is 12.5 Å². The van der Waals surface area contributed by atoms with E-state index in [1.165, 1.54) is 19.3 Å². The minimum Gasteiger partial charge on any atom is -0.493 e. The van der Waals surface area contributed by atoms with Crippen LogP contribution in [-0.4, -0.2) is 29.1 Å². The number of unbranched alkanes of at least 4 members (excludes halogenated alkanes) is 3. The molecular weight excluding hydrogens is 294 g/mol. The van der Waals surface area contributed by atoms with Crippen molar-refractivity contribution >= 4 is 6.08 Å². The van der Waals surface area contributed by atoms with Crippen LogP contribution in [0.2, 0.25) is 0 Å². The monoisotopic (exact) mass is 331 g/mol. The second-order valence-corrected chi connectivity index (χ2v) is 8.50. The van der Waals surface area contributed by atoms with Crippen molar-refractivity contribution in [2.45, 2.75) is 78.3 Å². The summed E-state index contributed by atoms with van der Waals surface area (Å²) in [5.41, 5.74) is 1.51. The van der Waals surface area contributed by atoms with Gasteiger partial charge < -0.3 is 4.74 Å². The van der Waals surface area contributed by atoms with E-state index in [1.807, 2.05) is 30.3 Å². The van der Waals surface area contributed by atoms with E-state index in [4.69, 9.17) is 4.74 Å². The van der Waals surface area contributed by atoms with Gasteiger partial charge in [-0.25, -0.2) is 0 Å². The zero-order chi connectivity index (χ0) is 18.2. The molecule has 0 aromatic heterocycles. The molecule has 1 rings (SSSR count). The Labute approximate surface area is 149 Å². The first-order chi connectivity index (χ1) is 11.2. The smallest absolute Gasteiger partial charge is 0.126 e. The number of rotatable bonds is 9. The highest BCUT2D eigenvalue weighted by molar-refractivity contribution is 5.55. The molecule has 0 fully saturated rings. The van der Waals surface area contributed by atoms with E-state index in [0.29, 0.717) is 0 Å². The molecule has 0 aliphatic heterocycles. The van der Waals surface area contributed by atoms with Crippen LogP contribution in [0.4, 0.5) is 0 Å². The highest BCUT2D eigenvalue weighted by Gasteiger charge is 2.30. The van der Waals surface area contributed by atoms with Crippen molar-refractivity contribution in [1.29, 1.82) is 0 Å². The van der Waals surface area contributed by atoms with Crippen molar-refractivity contribution in [3.63, 3.8) is 0 Å². The normalized spacial score (nSPS) is 12.5. The predicted octanol–water partition coefficient (Wildman–Crippen LogP) is 6.17. The maximum absolute atomic E-state index is 5.88. The third-order valence-electron chi connectivity index (χ3n) is 4.29. The van der Waals surface area contributed by atoms with Crippen molar-refractivity contribution in [1.82, 2.24) is 4.90 Å². The lowest BCUT2D eigenvalue weighted by atomic mass is 9.95. The van der Waals surface area contributed by atoms with E-state index < -0.39 is 0 Å². The summed E-state index contributed by atoms with van der Waals surface area (Å²) < 4.78 is 5.88. The van der Waals surface area contributed by atoms with Crippen molar-refractivity contribution in [2.24, 2.45) is 0 Å². The highest BCUT2D eigenvalue weighted by atomic mass is 16.5. The maximum atomic E-state index is 5.88. The molecule has 0 radical (unpaired) electrons. The number of ether oxygens (including phenoxy) is 1. The molecular formula is C22H37NO. The van der Waals surface area contributed by atoms with Crippen LogP contribution in [0.3, 0.4) is 0 Å². The van der Waals surface area contributed by atoms with Crippen LogP contribution in [0.5, 0.6) is 5.75 Å². The summed E-state index contributed by atoms with van der Waals surface area (Å²) in [5, 5.41) is 0. The zero-order valence-electron chi connectivity index (χ0n) is 16.7. The summed E-state index contributed by atoms with van der Waals surface area (Å²) in [4.78, 5) is 2.61. The van der Waals surface area contributed by atoms with Crippen molar-refractivity contribution in [2.75, 3.05) is 13.2 Å². The van der Waals surface area contributed by atoms with Gasteiger partial charge in [0.2, 0.25) is 0 Å². The van der Waals surface area contributed by atoms with E-state index in [9.17, 15) is 0 Å². The molecule has 0 aliphatic rings. The lowest BCUT2D eigenvalue weighted by Gasteiger charge is -2.45. The van der Waals surface area contributed by atoms with Crippen LogP contribution in [0, 0.1) is 0 Å². The minimum absolute atomic E-state index is 0.218. The summed E-state index contributed by atoms with van der Waals surface area (Å²) >= 11 is 0. The van der Waals surface area contributed by atoms with Gasteiger partial charge in [-0.2, -0.15) is 0 Å². The number of para-hydroxylation sites is 1. The molecule has 1 aromatic rings. The standard InChI is InChI=1S/C22H37NO/c1-8-19-15-11-12-16-20(19)24-18-14-10-9-13-17-23(21(2,3)4)22(5,6)7/h8,11-12,15-16H,1,9-10,13-14,17-18H2,2-7H3. The lowest BCUT2D eigenvalue weighted by Crippen LogP contribution is -2.52. The number of hydrogen-bond donors (Lipinski definition) is 0. The summed E-state index contributed by atoms with van der Waals surface area (Å²) in [7, 11) is 0. The molecule has 24 heavy (non-hydrogen) atoms. The van der Waals surface area contributed by atoms with Gasteiger partial charge in [-0.15, -0.1) is 0 Å². The Kier molecular flexibility index (Phi) is 8.02. The SMILES string of the molecule is C=Cc1ccccc1OCCCCCCN(C(C)(C)C)C(C)(C)C. The summed E-state index contributed by atoms with van der Waals surface area (Å²) in [6, 6.07) is 8.08. The molecule has 136 valence electrons. The van der Waals surface area contributed by atoms with Crippen LogP contribution in [0.15, 0.2) is 30.8 Å². The molecule has 0 amide bonds. The van der Waals surface area contributed by atoms with Crippen LogP contribution in [0.1, 0.15) is 72.8 Å². The van der Waals surface area contributed by atoms with Crippen LogP contribution >= 0.6 is 0 Å². The van der Waals surface area contributed by atoms with Crippen molar-refractivity contribution < 1.29 is 4.74 Å². The van der Waals surface area contributed by atoms with Gasteiger partial charge in [-0.3, -0.25) is 4.90 Å². The molecule has 0 saturated carbocycles. The number of hydrogen-bond acceptors (Lipinski definition) is 2. The fourth-order valence-corrected chi connectivity index (χ4v) is 3.37. The van der Waals surface area contributed by atoms with Gasteiger partial charge in [0.05, 0.1) is 6.61 Å². The maximum Gasteiger partial charge on any atom is 0.126 e. The average molecular weight is 332 g/mol. The predicted molar refractivity (Wildman–Crippen MR) is 107 cm³/mol. The molecule has 0 N–H and O–H groups in total. The third-order valence-corrected chi connectivity index (χ3v) is 4.29. The Balaban J connectivity index is 2.25. The zero-order valence-corrected chi connectivity index (χ0v) is 16.7. The van der Waals surface area contributed by atoms with Gasteiger partial charge in [0.25, 0.3) is 0 Å². The first-order valence-electron chi connectivity index (χ1n) is 9.28. The molecule has 0 unspecified atom stereocenters. The molecule has 2 nitrogen and oxygen atoms in total. The van der Waals surface area contributed by atoms with E-state index in [0.717, 1.165) is 30.9 Å². The van der Waals surface area contributed by atoms with E-state index in [-0.39, 0.29) is 11.1 Å². The van der Waals surface area contributed by atoms with E-state index in [1.54, 1.807) is 0 Å². The first-order valence-corrected chi connectivity index (χ1v) is 9.28. The summed E-state index contributed by atoms with van der Waals surface area (Å²) in [6.45, 7) is 19.6. The Hall–Kier alpha value is -1.28. The Morgan fingerprint density at radius 2 is 1.50 bits per heavy atom. The lowest BCUT2D eigenvalue weighted by molar-refractivity contribution is 0.0366. The van der Waals surface area contributed by atoms with Gasteiger partial charge in [0.1, 0.15) is 5.75 Å². The average Bonchev–Trinajstić information content (AvgIpc) is 2.47. The van der Waals surface area contributed by atoms with Gasteiger partial charge in [-0.1, -0.05) is 43.7 Å². The molecule has 0 heterocycles. The fraction of sp³-hybridized carbons (Fsp3) is 0.636. The Morgan fingerprint density at radius 1 is 0.917 bits per heavy atom. The van der Waals surface area contributed by atoms with Gasteiger partial charge in [0, 0.05) is 16.6 Å². The van der Waals surface area contributed by atoms with Gasteiger partial charge in [0.15, 0.2) is 0 Å². The molecule has 0 aliphatic carbocycles. The molecule has 0 saturated heterocycles. The Morgan fingerprint density at radius 3 is 2.08 bits per heavy atom. The van der Waals surface area contributed by atoms with Gasteiger partial charge in [-0.05, 0) is 67.0 Å². The molecule has 0 spiro atoms. The van der Waals surface area contributed by atoms with Crippen LogP contribution in [-0.2, 0) is 0 Å². The fourth-order valence-electron chi connectivity index (χ4n) is 3.37. The minimum atomic E-state index is 0.218. The highest BCUT2D eigenvalue weighted by Crippen LogP contribution is 2.25. The summed E-state index contributed by atoms with van der Waals surface area (Å²) in [5.74, 6) is 0.944. The molecule has 0 atom stereocenters. The van der Waals surface area contributed by atoms with Crippen molar-refractivity contribution in [3.05, 3.63) is 36.4 Å². The molecule has 0 bridgehead atoms. The summed E-state index contributed by atoms with van der Waals surface area (Å²) in [6.07, 6.45) is 6.69. The quantitative estimate of drug-likeness (QED) is 0.502.